The summed E-state index contributed by atoms with van der Waals surface area (Å²) in [5.74, 6) is -3.23. The number of ketones is 1. The number of rotatable bonds is 9. The highest BCUT2D eigenvalue weighted by Crippen LogP contribution is 2.30. The van der Waals surface area contributed by atoms with Crippen molar-refractivity contribution in [3.05, 3.63) is 148 Å². The summed E-state index contributed by atoms with van der Waals surface area (Å²) in [6, 6.07) is 32.5. The van der Waals surface area contributed by atoms with E-state index in [1.165, 1.54) is 12.1 Å². The van der Waals surface area contributed by atoms with E-state index >= 15 is 0 Å². The van der Waals surface area contributed by atoms with Crippen LogP contribution in [0.15, 0.2) is 115 Å². The SMILES string of the molecule is Cc1cc(Cl)ccc1-c1ccc(NC(=O)[C@H](Cc2ccc(C(=O)OC(C)(C)C)cc2)c2ccc(-c3ccc(C(=O)C(F)(F)F)cc3)cc2)cc1. The summed E-state index contributed by atoms with van der Waals surface area (Å²) in [6.07, 6.45) is -4.64. The van der Waals surface area contributed by atoms with Gasteiger partial charge >= 0.3 is 12.1 Å². The Morgan fingerprint density at radius 3 is 1.80 bits per heavy atom. The third kappa shape index (κ3) is 9.07. The number of ether oxygens (including phenoxy) is 1. The summed E-state index contributed by atoms with van der Waals surface area (Å²) in [5, 5.41) is 3.69. The molecule has 5 aromatic carbocycles. The van der Waals surface area contributed by atoms with E-state index in [0.29, 0.717) is 39.4 Å². The van der Waals surface area contributed by atoms with Gasteiger partial charge in [0.1, 0.15) is 5.60 Å². The number of carbonyl (C=O) groups excluding carboxylic acids is 3. The van der Waals surface area contributed by atoms with Gasteiger partial charge in [-0.1, -0.05) is 90.5 Å². The lowest BCUT2D eigenvalue weighted by atomic mass is 9.89. The molecule has 0 aliphatic rings. The van der Waals surface area contributed by atoms with Gasteiger partial charge in [-0.3, -0.25) is 9.59 Å². The topological polar surface area (TPSA) is 72.5 Å². The Balaban J connectivity index is 1.39. The first-order valence-electron chi connectivity index (χ1n) is 15.9. The summed E-state index contributed by atoms with van der Waals surface area (Å²) < 4.78 is 44.1. The standard InChI is InChI=1S/C41H35ClF3NO4/c1-25-23-33(42)19-22-35(25)29-17-20-34(21-18-29)46-38(48)36(24-26-5-7-32(8-6-26)39(49)50-40(2,3)4)30-13-9-27(10-14-30)28-11-15-31(16-12-28)37(47)41(43,44)45/h5-23,36H,24H2,1-4H3,(H,46,48)/t36-/m1/s1. The molecule has 1 atom stereocenters. The third-order valence-electron chi connectivity index (χ3n) is 8.05. The fourth-order valence-corrected chi connectivity index (χ4v) is 5.74. The number of Topliss-reactive ketones (excluding diaryl/α,β-unsaturated/α-hetero) is 1. The molecule has 0 aliphatic carbocycles. The number of hydrogen-bond donors (Lipinski definition) is 1. The number of nitrogens with one attached hydrogen (secondary N) is 1. The summed E-state index contributed by atoms with van der Waals surface area (Å²) in [4.78, 5) is 38.1. The summed E-state index contributed by atoms with van der Waals surface area (Å²) >= 11 is 6.13. The number of aryl methyl sites for hydroxylation is 1. The quantitative estimate of drug-likeness (QED) is 0.123. The molecule has 0 heterocycles. The van der Waals surface area contributed by atoms with Crippen molar-refractivity contribution in [3.8, 4) is 22.3 Å². The summed E-state index contributed by atoms with van der Waals surface area (Å²) in [5.41, 5.74) is 5.81. The van der Waals surface area contributed by atoms with Crippen LogP contribution in [0.2, 0.25) is 5.02 Å². The number of esters is 1. The average Bonchev–Trinajstić information content (AvgIpc) is 3.06. The zero-order valence-electron chi connectivity index (χ0n) is 27.9. The molecule has 256 valence electrons. The Kier molecular flexibility index (Phi) is 10.6. The molecule has 5 aromatic rings. The molecule has 5 nitrogen and oxygen atoms in total. The molecule has 0 unspecified atom stereocenters. The molecular formula is C41H35ClF3NO4. The molecule has 50 heavy (non-hydrogen) atoms. The second-order valence-corrected chi connectivity index (χ2v) is 13.4. The van der Waals surface area contributed by atoms with Crippen LogP contribution < -0.4 is 5.32 Å². The summed E-state index contributed by atoms with van der Waals surface area (Å²) in [6.45, 7) is 7.37. The first-order valence-corrected chi connectivity index (χ1v) is 16.3. The van der Waals surface area contributed by atoms with E-state index in [0.717, 1.165) is 34.4 Å². The zero-order chi connectivity index (χ0) is 36.2. The van der Waals surface area contributed by atoms with Crippen LogP contribution in [0.3, 0.4) is 0 Å². The van der Waals surface area contributed by atoms with Crippen molar-refractivity contribution in [1.82, 2.24) is 0 Å². The van der Waals surface area contributed by atoms with Crippen molar-refractivity contribution in [1.29, 1.82) is 0 Å². The molecule has 5 rings (SSSR count). The fraction of sp³-hybridized carbons (Fsp3) is 0.195. The number of amides is 1. The van der Waals surface area contributed by atoms with Gasteiger partial charge in [-0.25, -0.2) is 4.79 Å². The van der Waals surface area contributed by atoms with E-state index in [-0.39, 0.29) is 5.91 Å². The van der Waals surface area contributed by atoms with Gasteiger partial charge in [-0.05, 0) is 109 Å². The van der Waals surface area contributed by atoms with Gasteiger partial charge in [-0.15, -0.1) is 0 Å². The van der Waals surface area contributed by atoms with Crippen LogP contribution in [0, 0.1) is 6.92 Å². The van der Waals surface area contributed by atoms with Crippen LogP contribution in [0.25, 0.3) is 22.3 Å². The normalized spacial score (nSPS) is 12.2. The lowest BCUT2D eigenvalue weighted by Gasteiger charge is -2.20. The molecule has 0 aliphatic heterocycles. The number of alkyl halides is 3. The van der Waals surface area contributed by atoms with Gasteiger partial charge in [0.15, 0.2) is 0 Å². The molecule has 1 amide bonds. The lowest BCUT2D eigenvalue weighted by molar-refractivity contribution is -0.117. The van der Waals surface area contributed by atoms with Crippen LogP contribution in [0.1, 0.15) is 64.1 Å². The Bertz CT molecular complexity index is 2000. The second-order valence-electron chi connectivity index (χ2n) is 13.0. The first-order chi connectivity index (χ1) is 23.6. The van der Waals surface area contributed by atoms with Crippen LogP contribution in [0.5, 0.6) is 0 Å². The highest BCUT2D eigenvalue weighted by Gasteiger charge is 2.39. The molecule has 0 spiro atoms. The lowest BCUT2D eigenvalue weighted by Crippen LogP contribution is -2.24. The van der Waals surface area contributed by atoms with E-state index in [9.17, 15) is 27.6 Å². The third-order valence-corrected chi connectivity index (χ3v) is 8.28. The van der Waals surface area contributed by atoms with Gasteiger partial charge in [0.05, 0.1) is 11.5 Å². The maximum atomic E-state index is 13.9. The number of halogens is 4. The van der Waals surface area contributed by atoms with E-state index in [1.807, 2.05) is 49.4 Å². The highest BCUT2D eigenvalue weighted by molar-refractivity contribution is 6.30. The van der Waals surface area contributed by atoms with Gasteiger partial charge < -0.3 is 10.1 Å². The van der Waals surface area contributed by atoms with Crippen molar-refractivity contribution >= 4 is 34.9 Å². The van der Waals surface area contributed by atoms with Crippen molar-refractivity contribution in [2.45, 2.75) is 51.8 Å². The van der Waals surface area contributed by atoms with Crippen molar-refractivity contribution in [2.75, 3.05) is 5.32 Å². The second kappa shape index (κ2) is 14.7. The Morgan fingerprint density at radius 1 is 0.720 bits per heavy atom. The Morgan fingerprint density at radius 2 is 1.26 bits per heavy atom. The molecular weight excluding hydrogens is 663 g/mol. The van der Waals surface area contributed by atoms with Crippen LogP contribution in [-0.2, 0) is 16.0 Å². The van der Waals surface area contributed by atoms with Gasteiger partial charge in [0, 0.05) is 16.3 Å². The van der Waals surface area contributed by atoms with Crippen LogP contribution in [0.4, 0.5) is 18.9 Å². The fourth-order valence-electron chi connectivity index (χ4n) is 5.51. The molecule has 0 saturated heterocycles. The minimum absolute atomic E-state index is 0.251. The number of carbonyl (C=O) groups is 3. The van der Waals surface area contributed by atoms with E-state index in [2.05, 4.69) is 5.32 Å². The van der Waals surface area contributed by atoms with Crippen LogP contribution >= 0.6 is 11.6 Å². The molecule has 9 heteroatoms. The highest BCUT2D eigenvalue weighted by atomic mass is 35.5. The molecule has 0 fully saturated rings. The number of benzene rings is 5. The predicted molar refractivity (Wildman–Crippen MR) is 191 cm³/mol. The van der Waals surface area contributed by atoms with Crippen molar-refractivity contribution in [3.63, 3.8) is 0 Å². The maximum absolute atomic E-state index is 13.9. The predicted octanol–water partition coefficient (Wildman–Crippen LogP) is 10.6. The zero-order valence-corrected chi connectivity index (χ0v) is 28.7. The van der Waals surface area contributed by atoms with Gasteiger partial charge in [-0.2, -0.15) is 13.2 Å². The minimum Gasteiger partial charge on any atom is -0.456 e. The first kappa shape index (κ1) is 36.1. The molecule has 0 bridgehead atoms. The minimum atomic E-state index is -4.95. The van der Waals surface area contributed by atoms with Crippen molar-refractivity contribution in [2.24, 2.45) is 0 Å². The molecule has 0 radical (unpaired) electrons. The molecule has 0 aromatic heterocycles. The average molecular weight is 698 g/mol. The maximum Gasteiger partial charge on any atom is 0.454 e. The van der Waals surface area contributed by atoms with E-state index in [4.69, 9.17) is 16.3 Å². The van der Waals surface area contributed by atoms with E-state index in [1.54, 1.807) is 69.3 Å². The molecule has 0 saturated carbocycles. The van der Waals surface area contributed by atoms with Crippen LogP contribution in [-0.4, -0.2) is 29.4 Å². The largest absolute Gasteiger partial charge is 0.456 e. The van der Waals surface area contributed by atoms with E-state index < -0.39 is 35.0 Å². The Hall–Kier alpha value is -5.21. The Labute approximate surface area is 294 Å². The van der Waals surface area contributed by atoms with Crippen molar-refractivity contribution < 1.29 is 32.3 Å². The smallest absolute Gasteiger partial charge is 0.454 e. The van der Waals surface area contributed by atoms with Gasteiger partial charge in [0.2, 0.25) is 5.91 Å². The number of anilines is 1. The monoisotopic (exact) mass is 697 g/mol. The van der Waals surface area contributed by atoms with Gasteiger partial charge in [0.25, 0.3) is 5.78 Å². The number of hydrogen-bond acceptors (Lipinski definition) is 4. The summed E-state index contributed by atoms with van der Waals surface area (Å²) in [7, 11) is 0. The molecule has 1 N–H and O–H groups in total.